The van der Waals surface area contributed by atoms with Crippen LogP contribution in [-0.2, 0) is 0 Å². The number of imidazole rings is 1. The summed E-state index contributed by atoms with van der Waals surface area (Å²) in [6.45, 7) is 0. The normalized spacial score (nSPS) is 27.8. The van der Waals surface area contributed by atoms with Crippen LogP contribution >= 0.6 is 0 Å². The molecule has 2 nitrogen and oxygen atoms in total. The Morgan fingerprint density at radius 1 is 1.35 bits per heavy atom. The van der Waals surface area contributed by atoms with E-state index in [1.54, 1.807) is 6.33 Å². The summed E-state index contributed by atoms with van der Waals surface area (Å²) < 4.78 is 0. The van der Waals surface area contributed by atoms with Gasteiger partial charge < -0.3 is 4.98 Å². The fourth-order valence-electron chi connectivity index (χ4n) is 2.95. The summed E-state index contributed by atoms with van der Waals surface area (Å²) in [5.41, 5.74) is 1.26. The lowest BCUT2D eigenvalue weighted by molar-refractivity contribution is 0.512. The highest BCUT2D eigenvalue weighted by molar-refractivity contribution is 5.24. The summed E-state index contributed by atoms with van der Waals surface area (Å²) in [7, 11) is 0. The molecule has 2 atom stereocenters. The first kappa shape index (κ1) is 10.9. The number of nitrogens with one attached hydrogen (secondary N) is 1. The number of hydrogen-bond donors (Lipinski definition) is 1. The largest absolute Gasteiger partial charge is 0.348 e. The summed E-state index contributed by atoms with van der Waals surface area (Å²) in [6, 6.07) is 0. The Kier molecular flexibility index (Phi) is 3.18. The van der Waals surface area contributed by atoms with Crippen molar-refractivity contribution in [3.8, 4) is 11.8 Å². The number of H-pyrrole nitrogens is 1. The van der Waals surface area contributed by atoms with E-state index in [0.717, 1.165) is 12.3 Å². The topological polar surface area (TPSA) is 28.7 Å². The van der Waals surface area contributed by atoms with Crippen LogP contribution in [0.15, 0.2) is 12.5 Å². The minimum absolute atomic E-state index is 0.596. The number of rotatable bonds is 3. The van der Waals surface area contributed by atoms with Gasteiger partial charge in [0.05, 0.1) is 6.33 Å². The highest BCUT2D eigenvalue weighted by Gasteiger charge is 2.37. The minimum atomic E-state index is 0.596. The van der Waals surface area contributed by atoms with E-state index in [1.165, 1.54) is 44.2 Å². The van der Waals surface area contributed by atoms with Crippen molar-refractivity contribution in [3.63, 3.8) is 0 Å². The molecule has 2 saturated carbocycles. The monoisotopic (exact) mass is 228 g/mol. The van der Waals surface area contributed by atoms with E-state index in [0.29, 0.717) is 11.8 Å². The Balaban J connectivity index is 1.40. The number of nitrogens with zero attached hydrogens (tertiary/aromatic N) is 1. The van der Waals surface area contributed by atoms with Crippen molar-refractivity contribution in [1.29, 1.82) is 0 Å². The van der Waals surface area contributed by atoms with Crippen LogP contribution in [0.3, 0.4) is 0 Å². The van der Waals surface area contributed by atoms with Crippen LogP contribution < -0.4 is 0 Å². The first-order valence-corrected chi connectivity index (χ1v) is 6.90. The molecule has 0 aliphatic heterocycles. The van der Waals surface area contributed by atoms with Crippen molar-refractivity contribution in [2.75, 3.05) is 0 Å². The lowest BCUT2D eigenvalue weighted by Crippen LogP contribution is -1.91. The molecule has 0 radical (unpaired) electrons. The highest BCUT2D eigenvalue weighted by atomic mass is 14.9. The van der Waals surface area contributed by atoms with Gasteiger partial charge in [0.1, 0.15) is 0 Å². The fourth-order valence-corrected chi connectivity index (χ4v) is 2.95. The lowest BCUT2D eigenvalue weighted by Gasteiger charge is -2.03. The molecular weight excluding hydrogens is 208 g/mol. The second-order valence-corrected chi connectivity index (χ2v) is 5.47. The SMILES string of the molecule is C(#C[C@@H]1C[C@H]1c1cnc[nH]1)CCC1CCCC1. The molecule has 1 aromatic rings. The maximum atomic E-state index is 4.06. The van der Waals surface area contributed by atoms with Gasteiger partial charge in [-0.3, -0.25) is 0 Å². The third-order valence-electron chi connectivity index (χ3n) is 4.15. The third-order valence-corrected chi connectivity index (χ3v) is 4.15. The predicted molar refractivity (Wildman–Crippen MR) is 68.4 cm³/mol. The predicted octanol–water partition coefficient (Wildman–Crippen LogP) is 3.49. The molecule has 1 heterocycles. The van der Waals surface area contributed by atoms with Gasteiger partial charge in [-0.05, 0) is 18.8 Å². The Morgan fingerprint density at radius 3 is 3.00 bits per heavy atom. The molecule has 1 N–H and O–H groups in total. The van der Waals surface area contributed by atoms with E-state index in [1.807, 2.05) is 6.20 Å². The first-order valence-electron chi connectivity index (χ1n) is 6.90. The molecule has 0 aromatic carbocycles. The first-order chi connectivity index (χ1) is 8.43. The Hall–Kier alpha value is -1.23. The zero-order valence-corrected chi connectivity index (χ0v) is 10.3. The summed E-state index contributed by atoms with van der Waals surface area (Å²) in [6.07, 6.45) is 13.1. The van der Waals surface area contributed by atoms with Crippen molar-refractivity contribution < 1.29 is 0 Å². The smallest absolute Gasteiger partial charge is 0.0921 e. The molecule has 2 aliphatic carbocycles. The second kappa shape index (κ2) is 4.96. The van der Waals surface area contributed by atoms with Gasteiger partial charge in [-0.25, -0.2) is 4.98 Å². The van der Waals surface area contributed by atoms with Gasteiger partial charge in [-0.15, -0.1) is 5.92 Å². The molecule has 17 heavy (non-hydrogen) atoms. The molecule has 90 valence electrons. The van der Waals surface area contributed by atoms with Gasteiger partial charge in [0.2, 0.25) is 0 Å². The average molecular weight is 228 g/mol. The summed E-state index contributed by atoms with van der Waals surface area (Å²) in [5.74, 6) is 9.01. The van der Waals surface area contributed by atoms with Crippen LogP contribution in [0.4, 0.5) is 0 Å². The van der Waals surface area contributed by atoms with Crippen LogP contribution in [0, 0.1) is 23.7 Å². The van der Waals surface area contributed by atoms with Gasteiger partial charge >= 0.3 is 0 Å². The fraction of sp³-hybridized carbons (Fsp3) is 0.667. The van der Waals surface area contributed by atoms with Gasteiger partial charge in [-0.2, -0.15) is 0 Å². The van der Waals surface area contributed by atoms with E-state index in [4.69, 9.17) is 0 Å². The summed E-state index contributed by atoms with van der Waals surface area (Å²) in [5, 5.41) is 0. The maximum absolute atomic E-state index is 4.06. The molecule has 0 amide bonds. The van der Waals surface area contributed by atoms with Gasteiger partial charge in [0.25, 0.3) is 0 Å². The van der Waals surface area contributed by atoms with Crippen molar-refractivity contribution in [2.24, 2.45) is 11.8 Å². The lowest BCUT2D eigenvalue weighted by atomic mass is 10.0. The molecule has 0 saturated heterocycles. The van der Waals surface area contributed by atoms with Crippen LogP contribution in [0.1, 0.15) is 56.6 Å². The molecular formula is C15H20N2. The number of aromatic nitrogens is 2. The molecule has 0 unspecified atom stereocenters. The zero-order valence-electron chi connectivity index (χ0n) is 10.3. The van der Waals surface area contributed by atoms with E-state index >= 15 is 0 Å². The molecule has 1 aromatic heterocycles. The van der Waals surface area contributed by atoms with Crippen molar-refractivity contribution in [3.05, 3.63) is 18.2 Å². The van der Waals surface area contributed by atoms with Crippen LogP contribution in [0.5, 0.6) is 0 Å². The Bertz CT molecular complexity index is 404. The summed E-state index contributed by atoms with van der Waals surface area (Å²) >= 11 is 0. The van der Waals surface area contributed by atoms with Crippen molar-refractivity contribution >= 4 is 0 Å². The second-order valence-electron chi connectivity index (χ2n) is 5.47. The van der Waals surface area contributed by atoms with E-state index < -0.39 is 0 Å². The van der Waals surface area contributed by atoms with Crippen molar-refractivity contribution in [2.45, 2.75) is 50.9 Å². The Labute approximate surface area is 103 Å². The standard InChI is InChI=1S/C15H20N2/c1-2-6-12(5-1)7-3-4-8-13-9-14(13)15-10-16-11-17-15/h10-14H,1-3,5-7,9H2,(H,16,17)/t13-,14-/m1/s1. The molecule has 3 rings (SSSR count). The van der Waals surface area contributed by atoms with Crippen LogP contribution in [0.25, 0.3) is 0 Å². The average Bonchev–Trinajstić information content (AvgIpc) is 2.81. The van der Waals surface area contributed by atoms with Gasteiger partial charge in [0, 0.05) is 30.1 Å². The van der Waals surface area contributed by atoms with Gasteiger partial charge in [0.15, 0.2) is 0 Å². The molecule has 0 spiro atoms. The zero-order chi connectivity index (χ0) is 11.5. The number of aromatic amines is 1. The molecule has 2 heteroatoms. The highest BCUT2D eigenvalue weighted by Crippen LogP contribution is 2.45. The Morgan fingerprint density at radius 2 is 2.24 bits per heavy atom. The number of hydrogen-bond acceptors (Lipinski definition) is 1. The van der Waals surface area contributed by atoms with Crippen LogP contribution in [-0.4, -0.2) is 9.97 Å². The van der Waals surface area contributed by atoms with Crippen molar-refractivity contribution in [1.82, 2.24) is 9.97 Å². The molecule has 2 fully saturated rings. The maximum Gasteiger partial charge on any atom is 0.0921 e. The quantitative estimate of drug-likeness (QED) is 0.788. The van der Waals surface area contributed by atoms with Crippen LogP contribution in [0.2, 0.25) is 0 Å². The molecule has 2 aliphatic rings. The van der Waals surface area contributed by atoms with E-state index in [2.05, 4.69) is 21.8 Å². The third kappa shape index (κ3) is 2.72. The summed E-state index contributed by atoms with van der Waals surface area (Å²) in [4.78, 5) is 7.25. The minimum Gasteiger partial charge on any atom is -0.348 e. The van der Waals surface area contributed by atoms with Gasteiger partial charge in [-0.1, -0.05) is 31.6 Å². The van der Waals surface area contributed by atoms with E-state index in [9.17, 15) is 0 Å². The molecule has 0 bridgehead atoms. The van der Waals surface area contributed by atoms with E-state index in [-0.39, 0.29) is 0 Å².